The van der Waals surface area contributed by atoms with Crippen molar-refractivity contribution in [2.24, 2.45) is 0 Å². The van der Waals surface area contributed by atoms with E-state index >= 15 is 0 Å². The number of carbonyl (C=O) groups is 1. The van der Waals surface area contributed by atoms with Crippen LogP contribution in [-0.4, -0.2) is 32.3 Å². The predicted octanol–water partition coefficient (Wildman–Crippen LogP) is 4.88. The second kappa shape index (κ2) is 9.80. The molecule has 0 spiro atoms. The summed E-state index contributed by atoms with van der Waals surface area (Å²) in [5.41, 5.74) is 1.84. The number of aryl methyl sites for hydroxylation is 1. The lowest BCUT2D eigenvalue weighted by atomic mass is 10.0. The van der Waals surface area contributed by atoms with Crippen LogP contribution >= 0.6 is 11.8 Å². The maximum Gasteiger partial charge on any atom is 0.277 e. The highest BCUT2D eigenvalue weighted by molar-refractivity contribution is 7.99. The second-order valence-electron chi connectivity index (χ2n) is 7.94. The van der Waals surface area contributed by atoms with Crippen LogP contribution in [0.1, 0.15) is 37.8 Å². The highest BCUT2D eigenvalue weighted by Crippen LogP contribution is 2.23. The lowest BCUT2D eigenvalue weighted by molar-refractivity contribution is -0.133. The average molecular weight is 426 g/mol. The number of benzene rings is 2. The van der Waals surface area contributed by atoms with Crippen LogP contribution in [0.25, 0.3) is 0 Å². The lowest BCUT2D eigenvalue weighted by Gasteiger charge is -2.35. The third-order valence-corrected chi connectivity index (χ3v) is 5.31. The Balaban J connectivity index is 1.56. The van der Waals surface area contributed by atoms with Gasteiger partial charge in [0.25, 0.3) is 11.1 Å². The fourth-order valence-electron chi connectivity index (χ4n) is 2.88. The normalized spacial score (nSPS) is 11.3. The van der Waals surface area contributed by atoms with Gasteiger partial charge in [0.1, 0.15) is 5.75 Å². The molecule has 0 aliphatic rings. The van der Waals surface area contributed by atoms with Crippen LogP contribution < -0.4 is 4.74 Å². The third-order valence-electron chi connectivity index (χ3n) is 4.51. The van der Waals surface area contributed by atoms with Crippen LogP contribution in [0.5, 0.6) is 5.75 Å². The van der Waals surface area contributed by atoms with Crippen molar-refractivity contribution in [3.8, 4) is 5.75 Å². The minimum Gasteiger partial charge on any atom is -0.484 e. The van der Waals surface area contributed by atoms with Crippen molar-refractivity contribution in [2.45, 2.75) is 51.6 Å². The Bertz CT molecular complexity index is 967. The molecule has 7 heteroatoms. The highest BCUT2D eigenvalue weighted by Gasteiger charge is 2.27. The molecule has 3 rings (SSSR count). The molecule has 0 bridgehead atoms. The number of rotatable bonds is 8. The third kappa shape index (κ3) is 6.10. The number of amides is 1. The number of thioether (sulfide) groups is 1. The van der Waals surface area contributed by atoms with E-state index in [4.69, 9.17) is 9.15 Å². The molecule has 0 radical (unpaired) electrons. The molecule has 0 aliphatic heterocycles. The summed E-state index contributed by atoms with van der Waals surface area (Å²) in [6.45, 7) is 8.83. The summed E-state index contributed by atoms with van der Waals surface area (Å²) in [4.78, 5) is 14.8. The van der Waals surface area contributed by atoms with Crippen molar-refractivity contribution in [3.05, 3.63) is 71.6 Å². The van der Waals surface area contributed by atoms with Gasteiger partial charge < -0.3 is 14.1 Å². The largest absolute Gasteiger partial charge is 0.484 e. The van der Waals surface area contributed by atoms with Gasteiger partial charge in [-0.15, -0.1) is 10.2 Å². The van der Waals surface area contributed by atoms with Gasteiger partial charge in [0, 0.05) is 12.1 Å². The lowest BCUT2D eigenvalue weighted by Crippen LogP contribution is -2.45. The first-order chi connectivity index (χ1) is 14.3. The first-order valence-electron chi connectivity index (χ1n) is 9.81. The molecule has 158 valence electrons. The van der Waals surface area contributed by atoms with Crippen molar-refractivity contribution in [3.63, 3.8) is 0 Å². The Labute approximate surface area is 181 Å². The molecule has 2 aromatic carbocycles. The predicted molar refractivity (Wildman–Crippen MR) is 117 cm³/mol. The maximum atomic E-state index is 12.9. The molecule has 1 aromatic heterocycles. The second-order valence-corrected chi connectivity index (χ2v) is 8.87. The van der Waals surface area contributed by atoms with Gasteiger partial charge in [0.2, 0.25) is 5.91 Å². The molecule has 1 heterocycles. The van der Waals surface area contributed by atoms with E-state index in [9.17, 15) is 4.79 Å². The van der Waals surface area contributed by atoms with Gasteiger partial charge in [-0.05, 0) is 44.9 Å². The van der Waals surface area contributed by atoms with Crippen LogP contribution in [0, 0.1) is 6.92 Å². The summed E-state index contributed by atoms with van der Waals surface area (Å²) >= 11 is 1.24. The van der Waals surface area contributed by atoms with Gasteiger partial charge in [-0.2, -0.15) is 0 Å². The van der Waals surface area contributed by atoms with E-state index in [1.165, 1.54) is 11.8 Å². The molecule has 30 heavy (non-hydrogen) atoms. The summed E-state index contributed by atoms with van der Waals surface area (Å²) in [6, 6.07) is 17.7. The van der Waals surface area contributed by atoms with Gasteiger partial charge in [0.05, 0.1) is 5.75 Å². The van der Waals surface area contributed by atoms with Crippen LogP contribution in [0.3, 0.4) is 0 Å². The number of carbonyl (C=O) groups excluding carboxylic acids is 1. The first kappa shape index (κ1) is 21.9. The Morgan fingerprint density at radius 3 is 2.47 bits per heavy atom. The molecule has 0 aliphatic carbocycles. The summed E-state index contributed by atoms with van der Waals surface area (Å²) in [6.07, 6.45) is 0. The van der Waals surface area contributed by atoms with Crippen molar-refractivity contribution in [1.29, 1.82) is 0 Å². The molecule has 0 atom stereocenters. The summed E-state index contributed by atoms with van der Waals surface area (Å²) in [5.74, 6) is 1.41. The van der Waals surface area contributed by atoms with E-state index < -0.39 is 0 Å². The number of hydrogen-bond acceptors (Lipinski definition) is 6. The summed E-state index contributed by atoms with van der Waals surface area (Å²) in [5, 5.41) is 8.40. The molecule has 0 saturated heterocycles. The zero-order valence-corrected chi connectivity index (χ0v) is 18.6. The molecular weight excluding hydrogens is 398 g/mol. The number of aromatic nitrogens is 2. The van der Waals surface area contributed by atoms with Gasteiger partial charge in [0.15, 0.2) is 6.61 Å². The molecule has 3 aromatic rings. The smallest absolute Gasteiger partial charge is 0.277 e. The number of hydrogen-bond donors (Lipinski definition) is 0. The Hall–Kier alpha value is -2.80. The van der Waals surface area contributed by atoms with Crippen LogP contribution in [0.4, 0.5) is 0 Å². The van der Waals surface area contributed by atoms with E-state index in [0.29, 0.717) is 17.7 Å². The van der Waals surface area contributed by atoms with Gasteiger partial charge in [-0.3, -0.25) is 4.79 Å². The van der Waals surface area contributed by atoms with Crippen molar-refractivity contribution < 1.29 is 13.9 Å². The fourth-order valence-corrected chi connectivity index (χ4v) is 3.54. The van der Waals surface area contributed by atoms with E-state index in [-0.39, 0.29) is 23.8 Å². The number of nitrogens with zero attached hydrogens (tertiary/aromatic N) is 3. The molecule has 1 amide bonds. The minimum absolute atomic E-state index is 0.0206. The van der Waals surface area contributed by atoms with Crippen molar-refractivity contribution in [1.82, 2.24) is 15.1 Å². The number of ether oxygens (including phenoxy) is 1. The van der Waals surface area contributed by atoms with Crippen LogP contribution in [0.15, 0.2) is 64.2 Å². The zero-order valence-electron chi connectivity index (χ0n) is 17.8. The Morgan fingerprint density at radius 1 is 1.07 bits per heavy atom. The van der Waals surface area contributed by atoms with E-state index in [2.05, 4.69) is 10.2 Å². The Kier molecular flexibility index (Phi) is 7.15. The monoisotopic (exact) mass is 425 g/mol. The number of para-hydroxylation sites is 1. The standard InChI is InChI=1S/C23H27N3O3S/c1-17-10-8-9-13-19(17)28-15-20-24-25-22(29-20)30-16-21(27)26(23(2,3)4)14-18-11-6-5-7-12-18/h5-13H,14-16H2,1-4H3. The molecule has 0 unspecified atom stereocenters. The van der Waals surface area contributed by atoms with Gasteiger partial charge in [-0.1, -0.05) is 60.3 Å². The zero-order chi connectivity index (χ0) is 21.6. The first-order valence-corrected chi connectivity index (χ1v) is 10.8. The molecular formula is C23H27N3O3S. The van der Waals surface area contributed by atoms with Crippen molar-refractivity contribution >= 4 is 17.7 Å². The average Bonchev–Trinajstić information content (AvgIpc) is 3.17. The topological polar surface area (TPSA) is 68.5 Å². The van der Waals surface area contributed by atoms with E-state index in [1.54, 1.807) is 0 Å². The van der Waals surface area contributed by atoms with Crippen molar-refractivity contribution in [2.75, 3.05) is 5.75 Å². The van der Waals surface area contributed by atoms with E-state index in [0.717, 1.165) is 16.9 Å². The highest BCUT2D eigenvalue weighted by atomic mass is 32.2. The quantitative estimate of drug-likeness (QED) is 0.479. The maximum absolute atomic E-state index is 12.9. The SMILES string of the molecule is Cc1ccccc1OCc1nnc(SCC(=O)N(Cc2ccccc2)C(C)(C)C)o1. The summed E-state index contributed by atoms with van der Waals surface area (Å²) in [7, 11) is 0. The van der Waals surface area contributed by atoms with Crippen LogP contribution in [-0.2, 0) is 17.9 Å². The summed E-state index contributed by atoms with van der Waals surface area (Å²) < 4.78 is 11.4. The molecule has 0 N–H and O–H groups in total. The molecule has 6 nitrogen and oxygen atoms in total. The minimum atomic E-state index is -0.297. The van der Waals surface area contributed by atoms with Gasteiger partial charge in [-0.25, -0.2) is 0 Å². The van der Waals surface area contributed by atoms with Gasteiger partial charge >= 0.3 is 0 Å². The van der Waals surface area contributed by atoms with E-state index in [1.807, 2.05) is 87.2 Å². The molecule has 0 saturated carbocycles. The Morgan fingerprint density at radius 2 is 1.77 bits per heavy atom. The fraction of sp³-hybridized carbons (Fsp3) is 0.348. The van der Waals surface area contributed by atoms with Crippen LogP contribution in [0.2, 0.25) is 0 Å². The molecule has 0 fully saturated rings.